The zero-order chi connectivity index (χ0) is 17.7. The van der Waals surface area contributed by atoms with Crippen LogP contribution in [0.4, 0.5) is 5.69 Å². The Kier molecular flexibility index (Phi) is 5.24. The number of carbonyl (C=O) groups is 1. The lowest BCUT2D eigenvalue weighted by Crippen LogP contribution is -2.44. The van der Waals surface area contributed by atoms with Crippen molar-refractivity contribution in [3.8, 4) is 5.75 Å². The number of rotatable bonds is 5. The summed E-state index contributed by atoms with van der Waals surface area (Å²) in [5.41, 5.74) is 7.97. The number of hydrogen-bond acceptors (Lipinski definition) is 4. The SMILES string of the molecule is COc1ccc(C2(CNC(=O)c3ccccc3N)CCOCC2)cc1. The minimum Gasteiger partial charge on any atom is -0.497 e. The number of nitrogens with one attached hydrogen (secondary N) is 1. The van der Waals surface area contributed by atoms with Gasteiger partial charge in [-0.1, -0.05) is 24.3 Å². The molecule has 0 bridgehead atoms. The average Bonchev–Trinajstić information content (AvgIpc) is 2.67. The number of nitrogen functional groups attached to an aromatic ring is 1. The zero-order valence-electron chi connectivity index (χ0n) is 14.5. The van der Waals surface area contributed by atoms with Crippen molar-refractivity contribution < 1.29 is 14.3 Å². The lowest BCUT2D eigenvalue weighted by molar-refractivity contribution is 0.0487. The second-order valence-electron chi connectivity index (χ2n) is 6.39. The summed E-state index contributed by atoms with van der Waals surface area (Å²) in [6, 6.07) is 15.2. The van der Waals surface area contributed by atoms with Gasteiger partial charge in [-0.05, 0) is 42.7 Å². The molecule has 0 aliphatic carbocycles. The first-order valence-corrected chi connectivity index (χ1v) is 8.50. The molecular formula is C20H24N2O3. The number of amides is 1. The number of ether oxygens (including phenoxy) is 2. The van der Waals surface area contributed by atoms with Gasteiger partial charge in [-0.15, -0.1) is 0 Å². The zero-order valence-corrected chi connectivity index (χ0v) is 14.5. The number of hydrogen-bond donors (Lipinski definition) is 2. The monoisotopic (exact) mass is 340 g/mol. The van der Waals surface area contributed by atoms with E-state index in [1.807, 2.05) is 24.3 Å². The molecule has 0 saturated carbocycles. The van der Waals surface area contributed by atoms with Gasteiger partial charge in [-0.2, -0.15) is 0 Å². The Morgan fingerprint density at radius 2 is 1.84 bits per heavy atom. The highest BCUT2D eigenvalue weighted by Crippen LogP contribution is 2.35. The van der Waals surface area contributed by atoms with Crippen LogP contribution < -0.4 is 15.8 Å². The first-order valence-electron chi connectivity index (χ1n) is 8.50. The highest BCUT2D eigenvalue weighted by molar-refractivity contribution is 5.99. The first kappa shape index (κ1) is 17.3. The van der Waals surface area contributed by atoms with Crippen LogP contribution in [0.2, 0.25) is 0 Å². The number of para-hydroxylation sites is 1. The molecule has 1 amide bonds. The number of methoxy groups -OCH3 is 1. The van der Waals surface area contributed by atoms with Crippen LogP contribution in [0, 0.1) is 0 Å². The van der Waals surface area contributed by atoms with Gasteiger partial charge in [0.2, 0.25) is 0 Å². The summed E-state index contributed by atoms with van der Waals surface area (Å²) in [7, 11) is 1.66. The first-order chi connectivity index (χ1) is 12.1. The molecule has 2 aromatic rings. The summed E-state index contributed by atoms with van der Waals surface area (Å²) in [6.07, 6.45) is 1.73. The molecule has 1 aliphatic heterocycles. The lowest BCUT2D eigenvalue weighted by Gasteiger charge is -2.38. The fraction of sp³-hybridized carbons (Fsp3) is 0.350. The topological polar surface area (TPSA) is 73.6 Å². The maximum absolute atomic E-state index is 12.5. The number of anilines is 1. The van der Waals surface area contributed by atoms with Crippen LogP contribution in [-0.4, -0.2) is 32.8 Å². The molecule has 3 rings (SSSR count). The standard InChI is InChI=1S/C20H24N2O3/c1-24-16-8-6-15(7-9-16)20(10-12-25-13-11-20)14-22-19(23)17-4-2-3-5-18(17)21/h2-9H,10-14,21H2,1H3,(H,22,23). The summed E-state index contributed by atoms with van der Waals surface area (Å²) in [4.78, 5) is 12.5. The third-order valence-corrected chi connectivity index (χ3v) is 4.95. The van der Waals surface area contributed by atoms with E-state index in [0.29, 0.717) is 31.0 Å². The second kappa shape index (κ2) is 7.57. The van der Waals surface area contributed by atoms with E-state index < -0.39 is 0 Å². The fourth-order valence-corrected chi connectivity index (χ4v) is 3.32. The fourth-order valence-electron chi connectivity index (χ4n) is 3.32. The highest BCUT2D eigenvalue weighted by Gasteiger charge is 2.35. The second-order valence-corrected chi connectivity index (χ2v) is 6.39. The van der Waals surface area contributed by atoms with Gasteiger partial charge in [-0.25, -0.2) is 0 Å². The van der Waals surface area contributed by atoms with Gasteiger partial charge in [-0.3, -0.25) is 4.79 Å². The summed E-state index contributed by atoms with van der Waals surface area (Å²) >= 11 is 0. The van der Waals surface area contributed by atoms with Gasteiger partial charge in [0.05, 0.1) is 12.7 Å². The van der Waals surface area contributed by atoms with Crippen molar-refractivity contribution in [2.75, 3.05) is 32.6 Å². The van der Waals surface area contributed by atoms with Crippen molar-refractivity contribution in [2.24, 2.45) is 0 Å². The van der Waals surface area contributed by atoms with E-state index in [4.69, 9.17) is 15.2 Å². The van der Waals surface area contributed by atoms with Crippen LogP contribution in [0.3, 0.4) is 0 Å². The number of carbonyl (C=O) groups excluding carboxylic acids is 1. The van der Waals surface area contributed by atoms with Crippen LogP contribution in [0.1, 0.15) is 28.8 Å². The van der Waals surface area contributed by atoms with E-state index >= 15 is 0 Å². The predicted molar refractivity (Wildman–Crippen MR) is 97.9 cm³/mol. The summed E-state index contributed by atoms with van der Waals surface area (Å²) in [6.45, 7) is 1.93. The Labute approximate surface area is 148 Å². The molecule has 1 aliphatic rings. The predicted octanol–water partition coefficient (Wildman–Crippen LogP) is 2.76. The normalized spacial score (nSPS) is 16.2. The Hall–Kier alpha value is -2.53. The van der Waals surface area contributed by atoms with Gasteiger partial charge < -0.3 is 20.5 Å². The average molecular weight is 340 g/mol. The minimum atomic E-state index is -0.141. The lowest BCUT2D eigenvalue weighted by atomic mass is 9.74. The van der Waals surface area contributed by atoms with Crippen molar-refractivity contribution in [1.82, 2.24) is 5.32 Å². The summed E-state index contributed by atoms with van der Waals surface area (Å²) < 4.78 is 10.8. The maximum atomic E-state index is 12.5. The Morgan fingerprint density at radius 3 is 2.48 bits per heavy atom. The van der Waals surface area contributed by atoms with Crippen LogP contribution in [-0.2, 0) is 10.2 Å². The van der Waals surface area contributed by atoms with Crippen molar-refractivity contribution in [1.29, 1.82) is 0 Å². The van der Waals surface area contributed by atoms with Crippen LogP contribution in [0.15, 0.2) is 48.5 Å². The van der Waals surface area contributed by atoms with Crippen molar-refractivity contribution in [2.45, 2.75) is 18.3 Å². The Bertz CT molecular complexity index is 722. The molecular weight excluding hydrogens is 316 g/mol. The molecule has 1 saturated heterocycles. The molecule has 0 atom stereocenters. The van der Waals surface area contributed by atoms with Crippen molar-refractivity contribution >= 4 is 11.6 Å². The van der Waals surface area contributed by atoms with Gasteiger partial charge in [0.1, 0.15) is 5.75 Å². The molecule has 2 aromatic carbocycles. The Balaban J connectivity index is 1.79. The molecule has 0 radical (unpaired) electrons. The molecule has 0 unspecified atom stereocenters. The van der Waals surface area contributed by atoms with E-state index in [1.54, 1.807) is 19.2 Å². The highest BCUT2D eigenvalue weighted by atomic mass is 16.5. The molecule has 0 aromatic heterocycles. The molecule has 0 spiro atoms. The van der Waals surface area contributed by atoms with E-state index in [2.05, 4.69) is 17.4 Å². The van der Waals surface area contributed by atoms with Crippen LogP contribution in [0.5, 0.6) is 5.75 Å². The molecule has 1 heterocycles. The number of nitrogens with two attached hydrogens (primary N) is 1. The summed E-state index contributed by atoms with van der Waals surface area (Å²) in [5.74, 6) is 0.685. The van der Waals surface area contributed by atoms with E-state index in [9.17, 15) is 4.79 Å². The van der Waals surface area contributed by atoms with Gasteiger partial charge in [0.25, 0.3) is 5.91 Å². The molecule has 5 heteroatoms. The molecule has 132 valence electrons. The molecule has 5 nitrogen and oxygen atoms in total. The molecule has 1 fully saturated rings. The van der Waals surface area contributed by atoms with E-state index in [-0.39, 0.29) is 11.3 Å². The van der Waals surface area contributed by atoms with Gasteiger partial charge >= 0.3 is 0 Å². The van der Waals surface area contributed by atoms with Crippen molar-refractivity contribution in [3.63, 3.8) is 0 Å². The third-order valence-electron chi connectivity index (χ3n) is 4.95. The molecule has 3 N–H and O–H groups in total. The smallest absolute Gasteiger partial charge is 0.253 e. The third kappa shape index (κ3) is 3.77. The van der Waals surface area contributed by atoms with Crippen molar-refractivity contribution in [3.05, 3.63) is 59.7 Å². The summed E-state index contributed by atoms with van der Waals surface area (Å²) in [5, 5.41) is 3.07. The van der Waals surface area contributed by atoms with Crippen LogP contribution in [0.25, 0.3) is 0 Å². The number of benzene rings is 2. The largest absolute Gasteiger partial charge is 0.497 e. The Morgan fingerprint density at radius 1 is 1.16 bits per heavy atom. The molecule has 25 heavy (non-hydrogen) atoms. The van der Waals surface area contributed by atoms with E-state index in [1.165, 1.54) is 5.56 Å². The van der Waals surface area contributed by atoms with Gasteiger partial charge in [0, 0.05) is 30.9 Å². The van der Waals surface area contributed by atoms with Gasteiger partial charge in [0.15, 0.2) is 0 Å². The minimum absolute atomic E-state index is 0.135. The maximum Gasteiger partial charge on any atom is 0.253 e. The quantitative estimate of drug-likeness (QED) is 0.821. The van der Waals surface area contributed by atoms with Crippen LogP contribution >= 0.6 is 0 Å². The van der Waals surface area contributed by atoms with E-state index in [0.717, 1.165) is 18.6 Å².